The van der Waals surface area contributed by atoms with E-state index in [2.05, 4.69) is 4.99 Å². The molecule has 1 heterocycles. The zero-order chi connectivity index (χ0) is 17.8. The van der Waals surface area contributed by atoms with Crippen LogP contribution in [0.4, 0.5) is 4.39 Å². The van der Waals surface area contributed by atoms with Crippen LogP contribution in [0.2, 0.25) is 5.02 Å². The summed E-state index contributed by atoms with van der Waals surface area (Å²) in [5.74, 6) is 0.518. The van der Waals surface area contributed by atoms with Crippen LogP contribution in [0.5, 0.6) is 5.75 Å². The lowest BCUT2D eigenvalue weighted by Crippen LogP contribution is -2.32. The number of ether oxygens (including phenoxy) is 1. The molecule has 7 heteroatoms. The van der Waals surface area contributed by atoms with Crippen molar-refractivity contribution in [2.24, 2.45) is 4.99 Å². The van der Waals surface area contributed by atoms with Crippen LogP contribution in [0.25, 0.3) is 0 Å². The Labute approximate surface area is 154 Å². The van der Waals surface area contributed by atoms with Crippen molar-refractivity contribution in [2.75, 3.05) is 20.2 Å². The second-order valence-corrected chi connectivity index (χ2v) is 6.69. The highest BCUT2D eigenvalue weighted by Gasteiger charge is 2.25. The Morgan fingerprint density at radius 2 is 2.08 bits per heavy atom. The van der Waals surface area contributed by atoms with E-state index in [0.717, 1.165) is 0 Å². The van der Waals surface area contributed by atoms with Crippen molar-refractivity contribution in [1.29, 1.82) is 0 Å². The third-order valence-corrected chi connectivity index (χ3v) is 5.19. The van der Waals surface area contributed by atoms with E-state index in [4.69, 9.17) is 16.3 Å². The summed E-state index contributed by atoms with van der Waals surface area (Å²) in [6.07, 6.45) is 0. The summed E-state index contributed by atoms with van der Waals surface area (Å²) in [5.41, 5.74) is 0.973. The number of thioether (sulfide) groups is 1. The van der Waals surface area contributed by atoms with E-state index in [9.17, 15) is 9.18 Å². The summed E-state index contributed by atoms with van der Waals surface area (Å²) in [4.78, 5) is 18.7. The highest BCUT2D eigenvalue weighted by atomic mass is 35.5. The van der Waals surface area contributed by atoms with Crippen LogP contribution in [-0.2, 0) is 5.75 Å². The first-order chi connectivity index (χ1) is 12.1. The third-order valence-electron chi connectivity index (χ3n) is 3.79. The van der Waals surface area contributed by atoms with Crippen molar-refractivity contribution in [3.05, 3.63) is 64.4 Å². The Balaban J connectivity index is 1.70. The molecule has 0 radical (unpaired) electrons. The molecular formula is C18H16ClFN2O2S. The summed E-state index contributed by atoms with van der Waals surface area (Å²) < 4.78 is 19.0. The lowest BCUT2D eigenvalue weighted by Gasteiger charge is -2.18. The van der Waals surface area contributed by atoms with Gasteiger partial charge in [-0.2, -0.15) is 0 Å². The van der Waals surface area contributed by atoms with E-state index in [1.54, 1.807) is 48.4 Å². The van der Waals surface area contributed by atoms with Gasteiger partial charge in [-0.3, -0.25) is 14.7 Å². The Morgan fingerprint density at radius 3 is 2.76 bits per heavy atom. The summed E-state index contributed by atoms with van der Waals surface area (Å²) >= 11 is 7.36. The average Bonchev–Trinajstić information content (AvgIpc) is 3.09. The second kappa shape index (κ2) is 7.89. The molecule has 2 aromatic rings. The van der Waals surface area contributed by atoms with E-state index < -0.39 is 0 Å². The molecule has 0 saturated carbocycles. The van der Waals surface area contributed by atoms with Gasteiger partial charge in [-0.1, -0.05) is 29.4 Å². The average molecular weight is 379 g/mol. The van der Waals surface area contributed by atoms with Crippen LogP contribution in [-0.4, -0.2) is 36.2 Å². The minimum absolute atomic E-state index is 0.133. The number of amides is 1. The number of benzene rings is 2. The van der Waals surface area contributed by atoms with E-state index >= 15 is 0 Å². The van der Waals surface area contributed by atoms with Gasteiger partial charge in [0.25, 0.3) is 5.91 Å². The standard InChI is InChI=1S/C18H16ClFN2O2S/c1-24-13-7-5-12(6-8-13)17(23)22-10-9-21-18(22)25-11-14-15(19)3-2-4-16(14)20/h2-8H,9-11H2,1H3. The highest BCUT2D eigenvalue weighted by Crippen LogP contribution is 2.27. The maximum Gasteiger partial charge on any atom is 0.259 e. The molecular weight excluding hydrogens is 363 g/mol. The number of carbonyl (C=O) groups excluding carboxylic acids is 1. The molecule has 0 aromatic heterocycles. The van der Waals surface area contributed by atoms with E-state index in [-0.39, 0.29) is 11.7 Å². The number of hydrogen-bond donors (Lipinski definition) is 0. The molecule has 0 aliphatic carbocycles. The van der Waals surface area contributed by atoms with Crippen LogP contribution in [0, 0.1) is 5.82 Å². The molecule has 3 rings (SSSR count). The molecule has 0 unspecified atom stereocenters. The number of nitrogens with zero attached hydrogens (tertiary/aromatic N) is 2. The van der Waals surface area contributed by atoms with E-state index in [1.165, 1.54) is 17.8 Å². The van der Waals surface area contributed by atoms with Gasteiger partial charge in [0, 0.05) is 28.4 Å². The van der Waals surface area contributed by atoms with E-state index in [1.807, 2.05) is 0 Å². The summed E-state index contributed by atoms with van der Waals surface area (Å²) in [5, 5.41) is 0.958. The number of amidine groups is 1. The van der Waals surface area contributed by atoms with Gasteiger partial charge in [0.05, 0.1) is 13.7 Å². The molecule has 4 nitrogen and oxygen atoms in total. The van der Waals surface area contributed by atoms with Gasteiger partial charge in [-0.05, 0) is 36.4 Å². The fraction of sp³-hybridized carbons (Fsp3) is 0.222. The van der Waals surface area contributed by atoms with Gasteiger partial charge < -0.3 is 4.74 Å². The van der Waals surface area contributed by atoms with Crippen LogP contribution in [0.3, 0.4) is 0 Å². The molecule has 1 amide bonds. The van der Waals surface area contributed by atoms with Crippen LogP contribution in [0.15, 0.2) is 47.5 Å². The van der Waals surface area contributed by atoms with Crippen molar-refractivity contribution < 1.29 is 13.9 Å². The van der Waals surface area contributed by atoms with Crippen molar-refractivity contribution >= 4 is 34.4 Å². The van der Waals surface area contributed by atoms with Crippen molar-refractivity contribution in [1.82, 2.24) is 4.90 Å². The number of carbonyl (C=O) groups is 1. The fourth-order valence-corrected chi connectivity index (χ4v) is 3.82. The quantitative estimate of drug-likeness (QED) is 0.799. The van der Waals surface area contributed by atoms with Gasteiger partial charge in [-0.25, -0.2) is 4.39 Å². The molecule has 1 aliphatic heterocycles. The monoisotopic (exact) mass is 378 g/mol. The Morgan fingerprint density at radius 1 is 1.32 bits per heavy atom. The molecule has 0 spiro atoms. The van der Waals surface area contributed by atoms with Crippen molar-refractivity contribution in [3.63, 3.8) is 0 Å². The third kappa shape index (κ3) is 3.96. The SMILES string of the molecule is COc1ccc(C(=O)N2CCN=C2SCc2c(F)cccc2Cl)cc1. The van der Waals surface area contributed by atoms with Gasteiger partial charge in [0.1, 0.15) is 11.6 Å². The van der Waals surface area contributed by atoms with Crippen LogP contribution >= 0.6 is 23.4 Å². The Kier molecular flexibility index (Phi) is 5.60. The van der Waals surface area contributed by atoms with E-state index in [0.29, 0.717) is 45.9 Å². The largest absolute Gasteiger partial charge is 0.497 e. The highest BCUT2D eigenvalue weighted by molar-refractivity contribution is 8.13. The fourth-order valence-electron chi connectivity index (χ4n) is 2.43. The molecule has 0 atom stereocenters. The first kappa shape index (κ1) is 17.8. The lowest BCUT2D eigenvalue weighted by molar-refractivity contribution is 0.0860. The number of methoxy groups -OCH3 is 1. The predicted octanol–water partition coefficient (Wildman–Crippen LogP) is 4.23. The molecule has 0 bridgehead atoms. The number of halogens is 2. The number of hydrogen-bond acceptors (Lipinski definition) is 4. The van der Waals surface area contributed by atoms with Gasteiger partial charge in [-0.15, -0.1) is 0 Å². The normalized spacial score (nSPS) is 13.7. The maximum absolute atomic E-state index is 13.9. The molecule has 25 heavy (non-hydrogen) atoms. The molecule has 0 N–H and O–H groups in total. The minimum atomic E-state index is -0.355. The second-order valence-electron chi connectivity index (χ2n) is 5.34. The molecule has 2 aromatic carbocycles. The summed E-state index contributed by atoms with van der Waals surface area (Å²) in [7, 11) is 1.58. The number of rotatable bonds is 4. The van der Waals surface area contributed by atoms with Gasteiger partial charge in [0.2, 0.25) is 0 Å². The van der Waals surface area contributed by atoms with Crippen molar-refractivity contribution in [2.45, 2.75) is 5.75 Å². The molecule has 0 fully saturated rings. The zero-order valence-electron chi connectivity index (χ0n) is 13.5. The minimum Gasteiger partial charge on any atom is -0.497 e. The summed E-state index contributed by atoms with van der Waals surface area (Å²) in [6.45, 7) is 1.05. The topological polar surface area (TPSA) is 41.9 Å². The Bertz CT molecular complexity index is 791. The zero-order valence-corrected chi connectivity index (χ0v) is 15.1. The number of aliphatic imine (C=N–C) groups is 1. The van der Waals surface area contributed by atoms with Crippen LogP contribution in [0.1, 0.15) is 15.9 Å². The van der Waals surface area contributed by atoms with Gasteiger partial charge in [0.15, 0.2) is 5.17 Å². The Hall–Kier alpha value is -2.05. The van der Waals surface area contributed by atoms with Crippen molar-refractivity contribution in [3.8, 4) is 5.75 Å². The smallest absolute Gasteiger partial charge is 0.259 e. The molecule has 0 saturated heterocycles. The molecule has 130 valence electrons. The predicted molar refractivity (Wildman–Crippen MR) is 99.0 cm³/mol. The van der Waals surface area contributed by atoms with Gasteiger partial charge >= 0.3 is 0 Å². The maximum atomic E-state index is 13.9. The molecule has 1 aliphatic rings. The first-order valence-electron chi connectivity index (χ1n) is 7.66. The lowest BCUT2D eigenvalue weighted by atomic mass is 10.2. The first-order valence-corrected chi connectivity index (χ1v) is 9.02. The van der Waals surface area contributed by atoms with Crippen LogP contribution < -0.4 is 4.74 Å². The summed E-state index contributed by atoms with van der Waals surface area (Å²) in [6, 6.07) is 11.5.